The molecule has 2 aromatic carbocycles. The minimum atomic E-state index is -4.14. The summed E-state index contributed by atoms with van der Waals surface area (Å²) < 4.78 is 52.4. The van der Waals surface area contributed by atoms with Crippen molar-refractivity contribution in [3.05, 3.63) is 58.7 Å². The topological polar surface area (TPSA) is 153 Å². The highest BCUT2D eigenvalue weighted by Gasteiger charge is 2.27. The normalized spacial score (nSPS) is 14.8. The zero-order valence-electron chi connectivity index (χ0n) is 24.5. The molecule has 0 amide bonds. The molecule has 0 saturated carbocycles. The molecule has 4 rings (SSSR count). The molecule has 0 aliphatic carbocycles. The van der Waals surface area contributed by atoms with Gasteiger partial charge in [-0.2, -0.15) is 4.98 Å². The van der Waals surface area contributed by atoms with E-state index in [4.69, 9.17) is 30.5 Å². The van der Waals surface area contributed by atoms with Crippen LogP contribution in [0.5, 0.6) is 17.2 Å². The van der Waals surface area contributed by atoms with E-state index < -0.39 is 22.7 Å². The molecule has 0 bridgehead atoms. The smallest absolute Gasteiger partial charge is 0.263 e. The highest BCUT2D eigenvalue weighted by molar-refractivity contribution is 7.92. The Kier molecular flexibility index (Phi) is 10.7. The number of hydrogen-bond donors (Lipinski definition) is 3. The number of anilines is 2. The van der Waals surface area contributed by atoms with E-state index in [-0.39, 0.29) is 57.5 Å². The lowest BCUT2D eigenvalue weighted by Gasteiger charge is -2.28. The lowest BCUT2D eigenvalue weighted by Crippen LogP contribution is -2.37. The molecule has 14 heteroatoms. The number of aliphatic hydroxyl groups excluding tert-OH is 2. The van der Waals surface area contributed by atoms with Gasteiger partial charge in [-0.1, -0.05) is 44.5 Å². The van der Waals surface area contributed by atoms with Crippen LogP contribution in [0.25, 0.3) is 0 Å². The third-order valence-electron chi connectivity index (χ3n) is 6.59. The fourth-order valence-corrected chi connectivity index (χ4v) is 5.34. The molecule has 1 fully saturated rings. The van der Waals surface area contributed by atoms with Crippen LogP contribution in [0.1, 0.15) is 32.0 Å². The number of sulfonamides is 1. The van der Waals surface area contributed by atoms with Crippen molar-refractivity contribution in [1.29, 1.82) is 0 Å². The Morgan fingerprint density at radius 1 is 1.12 bits per heavy atom. The van der Waals surface area contributed by atoms with E-state index in [0.717, 1.165) is 5.56 Å². The van der Waals surface area contributed by atoms with Gasteiger partial charge in [-0.15, -0.1) is 0 Å². The van der Waals surface area contributed by atoms with E-state index >= 15 is 0 Å². The number of aromatic nitrogens is 2. The number of hydrogen-bond acceptors (Lipinski definition) is 11. The SMILES string of the molecule is COc1ccc(Oc2c(COC[C@@H](O)CO)nc(N3CCOCC3)nc2NS(=O)(=O)c2ccc(C(C)(C)C)cc2)c(Cl)c1. The summed E-state index contributed by atoms with van der Waals surface area (Å²) in [5.41, 5.74) is 1.01. The summed E-state index contributed by atoms with van der Waals surface area (Å²) >= 11 is 6.46. The first-order valence-corrected chi connectivity index (χ1v) is 15.5. The predicted octanol–water partition coefficient (Wildman–Crippen LogP) is 3.74. The molecule has 1 aliphatic rings. The molecule has 12 nitrogen and oxygen atoms in total. The second kappa shape index (κ2) is 14.1. The second-order valence-electron chi connectivity index (χ2n) is 10.9. The van der Waals surface area contributed by atoms with Crippen molar-refractivity contribution >= 4 is 33.4 Å². The maximum atomic E-state index is 13.7. The molecule has 0 spiro atoms. The summed E-state index contributed by atoms with van der Waals surface area (Å²) in [7, 11) is -2.64. The van der Waals surface area contributed by atoms with Crippen LogP contribution in [0.2, 0.25) is 5.02 Å². The van der Waals surface area contributed by atoms with Gasteiger partial charge in [-0.25, -0.2) is 13.4 Å². The third-order valence-corrected chi connectivity index (χ3v) is 8.24. The Bertz CT molecular complexity index is 1490. The molecule has 3 N–H and O–H groups in total. The van der Waals surface area contributed by atoms with Crippen LogP contribution in [-0.2, 0) is 31.5 Å². The average Bonchev–Trinajstić information content (AvgIpc) is 2.99. The van der Waals surface area contributed by atoms with E-state index in [1.165, 1.54) is 19.2 Å². The van der Waals surface area contributed by atoms with Crippen molar-refractivity contribution in [3.8, 4) is 17.2 Å². The van der Waals surface area contributed by atoms with Crippen LogP contribution in [0.3, 0.4) is 0 Å². The van der Waals surface area contributed by atoms with Crippen LogP contribution in [0.15, 0.2) is 47.4 Å². The Balaban J connectivity index is 1.80. The standard InChI is InChI=1S/C29H37ClN4O8S/c1-29(2,3)19-5-8-22(9-6-19)43(37,38)33-27-26(42-25-10-7-21(39-4)15-23(25)30)24(18-41-17-20(36)16-35)31-28(32-27)34-11-13-40-14-12-34/h5-10,15,20,35-36H,11-14,16-18H2,1-4H3,(H,31,32,33)/t20-/m0/s1. The third kappa shape index (κ3) is 8.46. The van der Waals surface area contributed by atoms with Gasteiger partial charge in [0.15, 0.2) is 11.6 Å². The first kappa shape index (κ1) is 32.7. The number of benzene rings is 2. The maximum absolute atomic E-state index is 13.7. The summed E-state index contributed by atoms with van der Waals surface area (Å²) in [6.45, 7) is 7.08. The monoisotopic (exact) mass is 636 g/mol. The van der Waals surface area contributed by atoms with Gasteiger partial charge in [0, 0.05) is 19.2 Å². The van der Waals surface area contributed by atoms with Crippen molar-refractivity contribution < 1.29 is 37.6 Å². The minimum Gasteiger partial charge on any atom is -0.497 e. The number of aliphatic hydroxyl groups is 2. The number of rotatable bonds is 12. The van der Waals surface area contributed by atoms with Gasteiger partial charge < -0.3 is 34.1 Å². The fraction of sp³-hybridized carbons (Fsp3) is 0.448. The molecular weight excluding hydrogens is 600 g/mol. The lowest BCUT2D eigenvalue weighted by atomic mass is 9.87. The van der Waals surface area contributed by atoms with Gasteiger partial charge in [0.1, 0.15) is 23.3 Å². The number of halogens is 1. The van der Waals surface area contributed by atoms with E-state index in [1.54, 1.807) is 30.3 Å². The van der Waals surface area contributed by atoms with Crippen LogP contribution in [-0.4, -0.2) is 81.3 Å². The molecule has 0 radical (unpaired) electrons. The summed E-state index contributed by atoms with van der Waals surface area (Å²) in [4.78, 5) is 11.1. The van der Waals surface area contributed by atoms with E-state index in [1.807, 2.05) is 25.7 Å². The zero-order valence-corrected chi connectivity index (χ0v) is 26.1. The van der Waals surface area contributed by atoms with Crippen molar-refractivity contribution in [1.82, 2.24) is 9.97 Å². The van der Waals surface area contributed by atoms with E-state index in [9.17, 15) is 18.6 Å². The van der Waals surface area contributed by atoms with Gasteiger partial charge in [-0.3, -0.25) is 4.72 Å². The largest absolute Gasteiger partial charge is 0.497 e. The highest BCUT2D eigenvalue weighted by atomic mass is 35.5. The Morgan fingerprint density at radius 2 is 1.81 bits per heavy atom. The Labute approximate surface area is 256 Å². The molecular formula is C29H37ClN4O8S. The van der Waals surface area contributed by atoms with Gasteiger partial charge in [-0.05, 0) is 35.2 Å². The van der Waals surface area contributed by atoms with E-state index in [2.05, 4.69) is 14.7 Å². The van der Waals surface area contributed by atoms with Gasteiger partial charge >= 0.3 is 0 Å². The van der Waals surface area contributed by atoms with Crippen molar-refractivity contribution in [2.75, 3.05) is 56.2 Å². The Morgan fingerprint density at radius 3 is 2.42 bits per heavy atom. The highest BCUT2D eigenvalue weighted by Crippen LogP contribution is 2.39. The molecule has 1 aliphatic heterocycles. The summed E-state index contributed by atoms with van der Waals surface area (Å²) in [6.07, 6.45) is -1.12. The van der Waals surface area contributed by atoms with Crippen LogP contribution in [0, 0.1) is 0 Å². The molecule has 234 valence electrons. The molecule has 1 atom stereocenters. The summed E-state index contributed by atoms with van der Waals surface area (Å²) in [5, 5.41) is 19.2. The minimum absolute atomic E-state index is 0.0318. The molecule has 1 aromatic heterocycles. The number of ether oxygens (including phenoxy) is 4. The molecule has 3 aromatic rings. The molecule has 2 heterocycles. The second-order valence-corrected chi connectivity index (χ2v) is 13.0. The van der Waals surface area contributed by atoms with Crippen molar-refractivity contribution in [3.63, 3.8) is 0 Å². The van der Waals surface area contributed by atoms with Gasteiger partial charge in [0.25, 0.3) is 10.0 Å². The quantitative estimate of drug-likeness (QED) is 0.267. The predicted molar refractivity (Wildman–Crippen MR) is 162 cm³/mol. The number of morpholine rings is 1. The summed E-state index contributed by atoms with van der Waals surface area (Å²) in [5.74, 6) is 0.745. The number of methoxy groups -OCH3 is 1. The van der Waals surface area contributed by atoms with Gasteiger partial charge in [0.05, 0.1) is 50.1 Å². The Hall–Kier alpha value is -3.20. The zero-order chi connectivity index (χ0) is 31.2. The maximum Gasteiger partial charge on any atom is 0.263 e. The first-order chi connectivity index (χ1) is 20.4. The van der Waals surface area contributed by atoms with Crippen LogP contribution >= 0.6 is 11.6 Å². The summed E-state index contributed by atoms with van der Waals surface area (Å²) in [6, 6.07) is 11.4. The van der Waals surface area contributed by atoms with E-state index in [0.29, 0.717) is 32.1 Å². The number of nitrogens with zero attached hydrogens (tertiary/aromatic N) is 3. The van der Waals surface area contributed by atoms with Crippen LogP contribution in [0.4, 0.5) is 11.8 Å². The average molecular weight is 637 g/mol. The van der Waals surface area contributed by atoms with Crippen LogP contribution < -0.4 is 19.1 Å². The lowest BCUT2D eigenvalue weighted by molar-refractivity contribution is -0.00121. The molecule has 1 saturated heterocycles. The molecule has 0 unspecified atom stereocenters. The number of nitrogens with one attached hydrogen (secondary N) is 1. The fourth-order valence-electron chi connectivity index (χ4n) is 4.13. The van der Waals surface area contributed by atoms with Crippen molar-refractivity contribution in [2.45, 2.75) is 43.8 Å². The van der Waals surface area contributed by atoms with Crippen molar-refractivity contribution in [2.24, 2.45) is 0 Å². The van der Waals surface area contributed by atoms with Gasteiger partial charge in [0.2, 0.25) is 5.95 Å². The molecule has 43 heavy (non-hydrogen) atoms. The first-order valence-electron chi connectivity index (χ1n) is 13.7.